The first-order valence-electron chi connectivity index (χ1n) is 25.5. The van der Waals surface area contributed by atoms with Crippen molar-refractivity contribution in [3.05, 3.63) is 271 Å². The molecule has 14 aromatic rings. The minimum absolute atomic E-state index is 0.462. The quantitative estimate of drug-likeness (QED) is 0.166. The minimum Gasteiger partial charge on any atom is -0.456 e. The molecule has 5 heteroatoms. The maximum absolute atomic E-state index is 6.69. The predicted octanol–water partition coefficient (Wildman–Crippen LogP) is 18.0. The second kappa shape index (κ2) is 16.0. The molecule has 2 aliphatic carbocycles. The van der Waals surface area contributed by atoms with Crippen LogP contribution in [-0.2, 0) is 5.41 Å². The maximum Gasteiger partial charge on any atom is 0.164 e. The SMILES string of the molecule is c1ccc(-c2ccc(-c3nc(-c4cccc5oc6ccccc6c45)nc(-c4cccc5oc6ccc(-c7cccc(-c8cccc9c8C8(c%10ccccc%10-c%10ccccc%108)c8ccccc8-9)c7)cc6c45)n3)cc2)cc1. The molecule has 0 unspecified atom stereocenters. The van der Waals surface area contributed by atoms with Crippen molar-refractivity contribution in [1.82, 2.24) is 15.0 Å². The Morgan fingerprint density at radius 3 is 1.37 bits per heavy atom. The Bertz CT molecular complexity index is 4600. The smallest absolute Gasteiger partial charge is 0.164 e. The van der Waals surface area contributed by atoms with Crippen molar-refractivity contribution in [2.45, 2.75) is 5.41 Å². The Hall–Kier alpha value is -9.97. The molecule has 11 aromatic carbocycles. The summed E-state index contributed by atoms with van der Waals surface area (Å²) < 4.78 is 13.1. The standard InChI is InChI=1S/C70H41N3O2/c1-2-16-42(17-3-1)43-34-36-44(37-35-43)67-71-68(54-26-14-32-62-64(54)53-23-7-11-31-60(53)74-62)73-69(72-67)55-27-15-33-63-65(55)56-41-46(38-39-61(56)75-63)45-18-12-19-47(40-45)48-24-13-25-52-51-22-6-10-30-59(51)70(66(48)52)57-28-8-4-20-49(57)50-21-5-9-29-58(50)70/h1-41H. The zero-order valence-corrected chi connectivity index (χ0v) is 40.3. The van der Waals surface area contributed by atoms with Gasteiger partial charge in [0.05, 0.1) is 5.41 Å². The molecular formula is C70H41N3O2. The third-order valence-corrected chi connectivity index (χ3v) is 15.8. The Morgan fingerprint density at radius 1 is 0.253 bits per heavy atom. The predicted molar refractivity (Wildman–Crippen MR) is 303 cm³/mol. The fourth-order valence-electron chi connectivity index (χ4n) is 12.6. The fourth-order valence-corrected chi connectivity index (χ4v) is 12.6. The van der Waals surface area contributed by atoms with Crippen LogP contribution in [0.1, 0.15) is 22.3 Å². The maximum atomic E-state index is 6.69. The van der Waals surface area contributed by atoms with Crippen molar-refractivity contribution in [2.75, 3.05) is 0 Å². The molecule has 16 rings (SSSR count). The van der Waals surface area contributed by atoms with E-state index in [-0.39, 0.29) is 0 Å². The zero-order chi connectivity index (χ0) is 49.2. The Balaban J connectivity index is 0.861. The third-order valence-electron chi connectivity index (χ3n) is 15.8. The van der Waals surface area contributed by atoms with Gasteiger partial charge in [0.25, 0.3) is 0 Å². The molecule has 2 aliphatic rings. The van der Waals surface area contributed by atoms with Crippen molar-refractivity contribution < 1.29 is 8.83 Å². The van der Waals surface area contributed by atoms with E-state index < -0.39 is 5.41 Å². The molecule has 0 N–H and O–H groups in total. The topological polar surface area (TPSA) is 65.0 Å². The Labute approximate surface area is 431 Å². The largest absolute Gasteiger partial charge is 0.456 e. The summed E-state index contributed by atoms with van der Waals surface area (Å²) in [5.41, 5.74) is 22.6. The first kappa shape index (κ1) is 41.6. The molecular weight excluding hydrogens is 915 g/mol. The fraction of sp³-hybridized carbons (Fsp3) is 0.0143. The lowest BCUT2D eigenvalue weighted by Gasteiger charge is -2.32. The lowest BCUT2D eigenvalue weighted by Crippen LogP contribution is -2.26. The van der Waals surface area contributed by atoms with Gasteiger partial charge in [-0.15, -0.1) is 0 Å². The van der Waals surface area contributed by atoms with E-state index >= 15 is 0 Å². The lowest BCUT2D eigenvalue weighted by molar-refractivity contribution is 0.668. The molecule has 5 nitrogen and oxygen atoms in total. The molecule has 75 heavy (non-hydrogen) atoms. The number of hydrogen-bond acceptors (Lipinski definition) is 5. The van der Waals surface area contributed by atoms with Gasteiger partial charge < -0.3 is 8.83 Å². The summed E-state index contributed by atoms with van der Waals surface area (Å²) in [6.45, 7) is 0. The van der Waals surface area contributed by atoms with Crippen molar-refractivity contribution in [3.8, 4) is 89.8 Å². The molecule has 0 bridgehead atoms. The molecule has 3 heterocycles. The normalized spacial score (nSPS) is 12.9. The number of benzene rings is 11. The van der Waals surface area contributed by atoms with Crippen LogP contribution in [-0.4, -0.2) is 15.0 Å². The molecule has 0 atom stereocenters. The highest BCUT2D eigenvalue weighted by Crippen LogP contribution is 2.64. The van der Waals surface area contributed by atoms with E-state index in [1.54, 1.807) is 0 Å². The van der Waals surface area contributed by atoms with Crippen LogP contribution in [0.5, 0.6) is 0 Å². The van der Waals surface area contributed by atoms with E-state index in [0.29, 0.717) is 17.5 Å². The number of furan rings is 2. The van der Waals surface area contributed by atoms with Crippen LogP contribution in [0.3, 0.4) is 0 Å². The third kappa shape index (κ3) is 6.10. The average molecular weight is 956 g/mol. The molecule has 0 saturated heterocycles. The zero-order valence-electron chi connectivity index (χ0n) is 40.3. The number of aromatic nitrogens is 3. The number of nitrogens with zero attached hydrogens (tertiary/aromatic N) is 3. The van der Waals surface area contributed by atoms with E-state index in [1.165, 1.54) is 55.6 Å². The van der Waals surface area contributed by atoms with Crippen LogP contribution in [0.4, 0.5) is 0 Å². The van der Waals surface area contributed by atoms with Crippen LogP contribution in [0.15, 0.2) is 258 Å². The second-order valence-electron chi connectivity index (χ2n) is 19.7. The average Bonchev–Trinajstić information content (AvgIpc) is 4.23. The van der Waals surface area contributed by atoms with Gasteiger partial charge in [-0.25, -0.2) is 15.0 Å². The first-order valence-corrected chi connectivity index (χ1v) is 25.5. The molecule has 0 amide bonds. The van der Waals surface area contributed by atoms with E-state index in [0.717, 1.165) is 82.8 Å². The Morgan fingerprint density at radius 2 is 0.680 bits per heavy atom. The van der Waals surface area contributed by atoms with Crippen LogP contribution in [0.2, 0.25) is 0 Å². The van der Waals surface area contributed by atoms with E-state index in [2.05, 4.69) is 200 Å². The van der Waals surface area contributed by atoms with Gasteiger partial charge in [-0.1, -0.05) is 212 Å². The van der Waals surface area contributed by atoms with Gasteiger partial charge in [-0.2, -0.15) is 0 Å². The van der Waals surface area contributed by atoms with Gasteiger partial charge in [0.1, 0.15) is 22.3 Å². The highest BCUT2D eigenvalue weighted by Gasteiger charge is 2.52. The van der Waals surface area contributed by atoms with Gasteiger partial charge in [-0.3, -0.25) is 0 Å². The highest BCUT2D eigenvalue weighted by atomic mass is 16.3. The number of hydrogen-bond donors (Lipinski definition) is 0. The van der Waals surface area contributed by atoms with Gasteiger partial charge in [0, 0.05) is 38.2 Å². The van der Waals surface area contributed by atoms with Gasteiger partial charge in [0.15, 0.2) is 17.5 Å². The highest BCUT2D eigenvalue weighted by molar-refractivity contribution is 6.14. The molecule has 3 aromatic heterocycles. The van der Waals surface area contributed by atoms with Gasteiger partial charge >= 0.3 is 0 Å². The molecule has 0 fully saturated rings. The summed E-state index contributed by atoms with van der Waals surface area (Å²) in [4.78, 5) is 15.9. The summed E-state index contributed by atoms with van der Waals surface area (Å²) >= 11 is 0. The van der Waals surface area contributed by atoms with Crippen molar-refractivity contribution in [2.24, 2.45) is 0 Å². The van der Waals surface area contributed by atoms with Crippen molar-refractivity contribution in [1.29, 1.82) is 0 Å². The van der Waals surface area contributed by atoms with Gasteiger partial charge in [0.2, 0.25) is 0 Å². The van der Waals surface area contributed by atoms with Crippen LogP contribution < -0.4 is 0 Å². The summed E-state index contributed by atoms with van der Waals surface area (Å²) in [6.07, 6.45) is 0. The molecule has 0 aliphatic heterocycles. The van der Waals surface area contributed by atoms with E-state index in [9.17, 15) is 0 Å². The Kier molecular flexibility index (Phi) is 8.89. The second-order valence-corrected chi connectivity index (χ2v) is 19.7. The molecule has 348 valence electrons. The van der Waals surface area contributed by atoms with Crippen LogP contribution in [0.25, 0.3) is 134 Å². The first-order chi connectivity index (χ1) is 37.2. The summed E-state index contributed by atoms with van der Waals surface area (Å²) in [7, 11) is 0. The number of fused-ring (bicyclic) bond motifs is 16. The molecule has 1 spiro atoms. The van der Waals surface area contributed by atoms with Crippen LogP contribution >= 0.6 is 0 Å². The summed E-state index contributed by atoms with van der Waals surface area (Å²) in [5.74, 6) is 1.68. The number of para-hydroxylation sites is 1. The van der Waals surface area contributed by atoms with Crippen molar-refractivity contribution >= 4 is 43.9 Å². The van der Waals surface area contributed by atoms with E-state index in [1.807, 2.05) is 48.5 Å². The minimum atomic E-state index is -0.462. The van der Waals surface area contributed by atoms with Crippen molar-refractivity contribution in [3.63, 3.8) is 0 Å². The lowest BCUT2D eigenvalue weighted by atomic mass is 9.68. The molecule has 0 radical (unpaired) electrons. The van der Waals surface area contributed by atoms with Crippen LogP contribution in [0, 0.1) is 0 Å². The number of rotatable bonds is 6. The van der Waals surface area contributed by atoms with Gasteiger partial charge in [-0.05, 0) is 114 Å². The molecule has 0 saturated carbocycles. The van der Waals surface area contributed by atoms with E-state index in [4.69, 9.17) is 23.8 Å². The summed E-state index contributed by atoms with van der Waals surface area (Å²) in [6, 6.07) is 88.7. The monoisotopic (exact) mass is 955 g/mol. The summed E-state index contributed by atoms with van der Waals surface area (Å²) in [5, 5.41) is 3.90.